The second-order valence-electron chi connectivity index (χ2n) is 7.63. The molecule has 2 amide bonds. The predicted molar refractivity (Wildman–Crippen MR) is 115 cm³/mol. The van der Waals surface area contributed by atoms with Crippen LogP contribution in [0.4, 0.5) is 4.39 Å². The number of hydrogen-bond acceptors (Lipinski definition) is 5. The molecule has 1 atom stereocenters. The van der Waals surface area contributed by atoms with Crippen molar-refractivity contribution in [3.8, 4) is 17.1 Å². The number of aromatic nitrogens is 1. The predicted octanol–water partition coefficient (Wildman–Crippen LogP) is 3.80. The van der Waals surface area contributed by atoms with Gasteiger partial charge in [-0.05, 0) is 49.1 Å². The van der Waals surface area contributed by atoms with Crippen molar-refractivity contribution < 1.29 is 23.2 Å². The number of piperidine rings is 1. The van der Waals surface area contributed by atoms with E-state index in [1.807, 2.05) is 18.2 Å². The summed E-state index contributed by atoms with van der Waals surface area (Å²) in [6.07, 6.45) is 2.23. The number of nitrogens with one attached hydrogen (secondary N) is 1. The van der Waals surface area contributed by atoms with E-state index in [0.717, 1.165) is 18.4 Å². The van der Waals surface area contributed by atoms with Crippen LogP contribution in [0, 0.1) is 5.82 Å². The van der Waals surface area contributed by atoms with Crippen molar-refractivity contribution in [2.45, 2.75) is 31.8 Å². The third kappa shape index (κ3) is 4.64. The highest BCUT2D eigenvalue weighted by Crippen LogP contribution is 2.30. The zero-order chi connectivity index (χ0) is 22.5. The average molecular weight is 437 g/mol. The Morgan fingerprint density at radius 1 is 1.19 bits per heavy atom. The fraction of sp³-hybridized carbons (Fsp3) is 0.292. The van der Waals surface area contributed by atoms with E-state index in [-0.39, 0.29) is 29.9 Å². The summed E-state index contributed by atoms with van der Waals surface area (Å²) >= 11 is 0. The van der Waals surface area contributed by atoms with Gasteiger partial charge < -0.3 is 19.5 Å². The van der Waals surface area contributed by atoms with E-state index in [9.17, 15) is 14.0 Å². The molecule has 7 nitrogen and oxygen atoms in total. The number of benzene rings is 2. The van der Waals surface area contributed by atoms with E-state index in [4.69, 9.17) is 9.26 Å². The number of carbonyl (C=O) groups is 2. The molecule has 1 aliphatic heterocycles. The van der Waals surface area contributed by atoms with Gasteiger partial charge in [0.25, 0.3) is 5.91 Å². The molecule has 0 saturated carbocycles. The average Bonchev–Trinajstić information content (AvgIpc) is 3.33. The fourth-order valence-electron chi connectivity index (χ4n) is 3.85. The van der Waals surface area contributed by atoms with Crippen LogP contribution in [0.3, 0.4) is 0 Å². The topological polar surface area (TPSA) is 84.7 Å². The summed E-state index contributed by atoms with van der Waals surface area (Å²) in [6, 6.07) is 14.2. The molecule has 2 aromatic carbocycles. The van der Waals surface area contributed by atoms with Gasteiger partial charge in [-0.1, -0.05) is 29.4 Å². The van der Waals surface area contributed by atoms with Crippen molar-refractivity contribution in [1.82, 2.24) is 15.4 Å². The van der Waals surface area contributed by atoms with Crippen molar-refractivity contribution >= 4 is 11.8 Å². The lowest BCUT2D eigenvalue weighted by atomic mass is 10.0. The summed E-state index contributed by atoms with van der Waals surface area (Å²) in [5.41, 5.74) is 1.62. The Morgan fingerprint density at radius 3 is 2.75 bits per heavy atom. The van der Waals surface area contributed by atoms with Crippen molar-refractivity contribution in [3.63, 3.8) is 0 Å². The number of methoxy groups -OCH3 is 1. The summed E-state index contributed by atoms with van der Waals surface area (Å²) < 4.78 is 23.8. The highest BCUT2D eigenvalue weighted by molar-refractivity contribution is 5.97. The molecule has 166 valence electrons. The molecule has 1 saturated heterocycles. The number of amides is 2. The lowest BCUT2D eigenvalue weighted by molar-refractivity contribution is -0.126. The van der Waals surface area contributed by atoms with Gasteiger partial charge in [-0.2, -0.15) is 0 Å². The Morgan fingerprint density at radius 2 is 1.97 bits per heavy atom. The third-order valence-electron chi connectivity index (χ3n) is 5.55. The van der Waals surface area contributed by atoms with Gasteiger partial charge in [0, 0.05) is 19.2 Å². The maximum atomic E-state index is 13.2. The number of halogens is 1. The van der Waals surface area contributed by atoms with Crippen molar-refractivity contribution in [1.29, 1.82) is 0 Å². The van der Waals surface area contributed by atoms with Crippen LogP contribution in [-0.4, -0.2) is 41.6 Å². The van der Waals surface area contributed by atoms with Crippen LogP contribution in [0.1, 0.15) is 35.3 Å². The van der Waals surface area contributed by atoms with E-state index < -0.39 is 6.04 Å². The minimum atomic E-state index is -0.594. The Labute approximate surface area is 185 Å². The van der Waals surface area contributed by atoms with Gasteiger partial charge in [0.1, 0.15) is 17.6 Å². The Hall–Kier alpha value is -3.68. The summed E-state index contributed by atoms with van der Waals surface area (Å²) in [5, 5.41) is 6.80. The Bertz CT molecular complexity index is 1100. The van der Waals surface area contributed by atoms with E-state index in [1.165, 1.54) is 12.1 Å². The standard InChI is InChI=1S/C24H24FN3O4/c1-31-21-8-3-2-6-18(21)22-14-19(27-32-22)24(30)28-13-5-4-7-20(28)23(29)26-15-16-9-11-17(25)12-10-16/h2-3,6,8-12,14,20H,4-5,7,13,15H2,1H3,(H,26,29)/t20-/m0/s1. The number of ether oxygens (including phenoxy) is 1. The van der Waals surface area contributed by atoms with Crippen molar-refractivity contribution in [2.24, 2.45) is 0 Å². The summed E-state index contributed by atoms with van der Waals surface area (Å²) in [6.45, 7) is 0.726. The molecule has 0 spiro atoms. The first-order chi connectivity index (χ1) is 15.6. The van der Waals surface area contributed by atoms with Gasteiger partial charge in [-0.3, -0.25) is 9.59 Å². The number of rotatable bonds is 6. The Balaban J connectivity index is 1.47. The van der Waals surface area contributed by atoms with Gasteiger partial charge in [0.15, 0.2) is 11.5 Å². The molecule has 1 aliphatic rings. The first-order valence-electron chi connectivity index (χ1n) is 10.5. The minimum absolute atomic E-state index is 0.143. The molecule has 3 aromatic rings. The summed E-state index contributed by atoms with van der Waals surface area (Å²) in [4.78, 5) is 27.6. The third-order valence-corrected chi connectivity index (χ3v) is 5.55. The summed E-state index contributed by atoms with van der Waals surface area (Å²) in [7, 11) is 1.56. The van der Waals surface area contributed by atoms with Crippen LogP contribution in [-0.2, 0) is 11.3 Å². The molecule has 1 aromatic heterocycles. The molecule has 8 heteroatoms. The van der Waals surface area contributed by atoms with Gasteiger partial charge in [-0.25, -0.2) is 4.39 Å². The zero-order valence-corrected chi connectivity index (χ0v) is 17.7. The molecule has 32 heavy (non-hydrogen) atoms. The van der Waals surface area contributed by atoms with Crippen LogP contribution >= 0.6 is 0 Å². The smallest absolute Gasteiger partial charge is 0.276 e. The van der Waals surface area contributed by atoms with Gasteiger partial charge in [-0.15, -0.1) is 0 Å². The maximum absolute atomic E-state index is 13.2. The van der Waals surface area contributed by atoms with E-state index in [1.54, 1.807) is 36.3 Å². The molecule has 0 unspecified atom stereocenters. The van der Waals surface area contributed by atoms with Gasteiger partial charge >= 0.3 is 0 Å². The quantitative estimate of drug-likeness (QED) is 0.634. The van der Waals surface area contributed by atoms with Gasteiger partial charge in [0.05, 0.1) is 12.7 Å². The first kappa shape index (κ1) is 21.5. The molecule has 2 heterocycles. The summed E-state index contributed by atoms with van der Waals surface area (Å²) in [5.74, 6) is 0.107. The zero-order valence-electron chi connectivity index (χ0n) is 17.7. The maximum Gasteiger partial charge on any atom is 0.276 e. The molecule has 0 radical (unpaired) electrons. The number of para-hydroxylation sites is 1. The number of carbonyl (C=O) groups excluding carboxylic acids is 2. The van der Waals surface area contributed by atoms with Crippen LogP contribution in [0.25, 0.3) is 11.3 Å². The van der Waals surface area contributed by atoms with Crippen LogP contribution in [0.5, 0.6) is 5.75 Å². The number of hydrogen-bond donors (Lipinski definition) is 1. The fourth-order valence-corrected chi connectivity index (χ4v) is 3.85. The highest BCUT2D eigenvalue weighted by atomic mass is 19.1. The molecule has 0 aliphatic carbocycles. The van der Waals surface area contributed by atoms with Crippen molar-refractivity contribution in [3.05, 3.63) is 71.7 Å². The molecule has 0 bridgehead atoms. The Kier molecular flexibility index (Phi) is 6.49. The van der Waals surface area contributed by atoms with Crippen LogP contribution in [0.15, 0.2) is 59.1 Å². The lowest BCUT2D eigenvalue weighted by Gasteiger charge is -2.34. The number of likely N-dealkylation sites (tertiary alicyclic amines) is 1. The molecular weight excluding hydrogens is 413 g/mol. The minimum Gasteiger partial charge on any atom is -0.496 e. The second kappa shape index (κ2) is 9.64. The molecule has 1 fully saturated rings. The highest BCUT2D eigenvalue weighted by Gasteiger charge is 2.34. The van der Waals surface area contributed by atoms with E-state index in [0.29, 0.717) is 30.0 Å². The monoisotopic (exact) mass is 437 g/mol. The van der Waals surface area contributed by atoms with E-state index >= 15 is 0 Å². The largest absolute Gasteiger partial charge is 0.496 e. The van der Waals surface area contributed by atoms with E-state index in [2.05, 4.69) is 10.5 Å². The molecule has 4 rings (SSSR count). The second-order valence-corrected chi connectivity index (χ2v) is 7.63. The molecular formula is C24H24FN3O4. The number of nitrogens with zero attached hydrogens (tertiary/aromatic N) is 2. The van der Waals surface area contributed by atoms with Crippen LogP contribution in [0.2, 0.25) is 0 Å². The molecule has 1 N–H and O–H groups in total. The SMILES string of the molecule is COc1ccccc1-c1cc(C(=O)N2CCCC[C@H]2C(=O)NCc2ccc(F)cc2)no1. The van der Waals surface area contributed by atoms with Crippen LogP contribution < -0.4 is 10.1 Å². The van der Waals surface area contributed by atoms with Crippen molar-refractivity contribution in [2.75, 3.05) is 13.7 Å². The lowest BCUT2D eigenvalue weighted by Crippen LogP contribution is -2.51. The van der Waals surface area contributed by atoms with Gasteiger partial charge in [0.2, 0.25) is 5.91 Å². The normalized spacial score (nSPS) is 15.9. The first-order valence-corrected chi connectivity index (χ1v) is 10.5.